The van der Waals surface area contributed by atoms with E-state index in [0.29, 0.717) is 19.3 Å². The second-order valence-corrected chi connectivity index (χ2v) is 33.6. The number of phosphoric ester groups is 2. The number of allylic oxidation sites excluding steroid dienone is 32. The molecule has 4 N–H and O–H groups in total. The third kappa shape index (κ3) is 92.9. The lowest BCUT2D eigenvalue weighted by molar-refractivity contribution is -0.161. The first-order valence-corrected chi connectivity index (χ1v) is 49.7. The molecule has 0 aliphatic carbocycles. The third-order valence-corrected chi connectivity index (χ3v) is 21.2. The number of carbonyl (C=O) groups is 3. The molecule has 119 heavy (non-hydrogen) atoms. The molecule has 0 saturated heterocycles. The molecule has 5 atom stereocenters. The lowest BCUT2D eigenvalue weighted by Gasteiger charge is -2.21. The third-order valence-electron chi connectivity index (χ3n) is 19.3. The first-order chi connectivity index (χ1) is 58.2. The van der Waals surface area contributed by atoms with Gasteiger partial charge in [0.05, 0.1) is 26.4 Å². The van der Waals surface area contributed by atoms with E-state index in [4.69, 9.17) is 32.3 Å². The van der Waals surface area contributed by atoms with Crippen molar-refractivity contribution >= 4 is 33.6 Å². The van der Waals surface area contributed by atoms with Gasteiger partial charge in [-0.2, -0.15) is 0 Å². The Balaban J connectivity index is 4.59. The molecule has 0 aliphatic rings. The quantitative estimate of drug-likeness (QED) is 0.0146. The van der Waals surface area contributed by atoms with Gasteiger partial charge in [-0.1, -0.05) is 376 Å². The van der Waals surface area contributed by atoms with Crippen LogP contribution in [0.5, 0.6) is 0 Å². The molecule has 678 valence electrons. The zero-order chi connectivity index (χ0) is 86.5. The van der Waals surface area contributed by atoms with Crippen molar-refractivity contribution < 1.29 is 75.8 Å². The summed E-state index contributed by atoms with van der Waals surface area (Å²) in [6.45, 7) is 2.42. The van der Waals surface area contributed by atoms with Gasteiger partial charge in [0.1, 0.15) is 25.4 Å². The van der Waals surface area contributed by atoms with Gasteiger partial charge in [-0.3, -0.25) is 32.5 Å². The lowest BCUT2D eigenvalue weighted by atomic mass is 10.0. The minimum absolute atomic E-state index is 0.0824. The summed E-state index contributed by atoms with van der Waals surface area (Å²) in [5, 5.41) is 20.7. The normalized spacial score (nSPS) is 14.6. The van der Waals surface area contributed by atoms with Crippen LogP contribution in [0.1, 0.15) is 367 Å². The van der Waals surface area contributed by atoms with Gasteiger partial charge in [-0.25, -0.2) is 9.13 Å². The number of phosphoric acid groups is 2. The van der Waals surface area contributed by atoms with Crippen molar-refractivity contribution in [3.8, 4) is 0 Å². The molecule has 0 fully saturated rings. The van der Waals surface area contributed by atoms with Gasteiger partial charge < -0.3 is 34.2 Å². The van der Waals surface area contributed by atoms with Crippen LogP contribution in [0.4, 0.5) is 0 Å². The monoisotopic (exact) mass is 1700 g/mol. The van der Waals surface area contributed by atoms with Crippen molar-refractivity contribution in [2.45, 2.75) is 386 Å². The van der Waals surface area contributed by atoms with Crippen molar-refractivity contribution in [3.63, 3.8) is 0 Å². The van der Waals surface area contributed by atoms with E-state index in [-0.39, 0.29) is 19.3 Å². The van der Waals surface area contributed by atoms with Crippen molar-refractivity contribution in [1.82, 2.24) is 0 Å². The first kappa shape index (κ1) is 113. The predicted molar refractivity (Wildman–Crippen MR) is 500 cm³/mol. The number of aliphatic hydroxyl groups excluding tert-OH is 2. The van der Waals surface area contributed by atoms with E-state index in [1.54, 1.807) is 0 Å². The number of ether oxygens (including phenoxy) is 3. The Hall–Kier alpha value is -5.61. The molecule has 0 aromatic rings. The maximum Gasteiger partial charge on any atom is 0.472 e. The van der Waals surface area contributed by atoms with Crippen molar-refractivity contribution in [3.05, 3.63) is 194 Å². The summed E-state index contributed by atoms with van der Waals surface area (Å²) >= 11 is 0. The second-order valence-electron chi connectivity index (χ2n) is 30.7. The van der Waals surface area contributed by atoms with Crippen LogP contribution >= 0.6 is 15.6 Å². The number of rotatable bonds is 87. The highest BCUT2D eigenvalue weighted by molar-refractivity contribution is 7.47. The minimum atomic E-state index is -4.95. The molecular formula is C101H168O16P2. The number of hydrogen-bond donors (Lipinski definition) is 4. The Kier molecular flexibility index (Phi) is 87.3. The Morgan fingerprint density at radius 2 is 0.445 bits per heavy atom. The topological polar surface area (TPSA) is 231 Å². The highest BCUT2D eigenvalue weighted by Crippen LogP contribution is 2.45. The highest BCUT2D eigenvalue weighted by atomic mass is 31.2. The standard InChI is InChI=1S/C101H168O16P2/c1-4-7-10-13-16-19-22-25-28-31-34-37-40-42-43-44-45-46-47-48-49-50-51-53-56-57-60-63-66-69-72-75-78-81-84-87-99(104)111-90-96(102)91-113-118(107,108)114-92-97(103)93-115-119(109,110)116-95-98(117-101(106)89-86-83-80-77-74-71-68-65-62-59-54-39-36-33-30-27-24-21-18-15-12-9-6-3)94-112-100(105)88-85-82-79-76-73-70-67-64-61-58-55-52-41-38-35-32-29-26-23-20-17-14-11-8-5-2/h7-8,10-11,16-21,25-30,34-39,42-43,45-46,52,55,59,61-62,64,96-98,102-103H,4-6,9,12-15,22-24,31-33,40-41,44,47-51,53-54,56-58,60,63,65-95H2,1-3H3,(H,107,108)(H,109,110)/b10-7-,11-8-,19-16-,20-17-,21-18-,28-25-,29-26-,30-27-,37-34-,38-35-,39-36-,43-42-,46-45-,55-52-,62-59-,64-61-. The average Bonchev–Trinajstić information content (AvgIpc) is 0.912. The molecule has 0 aliphatic heterocycles. The van der Waals surface area contributed by atoms with E-state index in [1.165, 1.54) is 109 Å². The summed E-state index contributed by atoms with van der Waals surface area (Å²) in [6, 6.07) is 0. The molecule has 16 nitrogen and oxygen atoms in total. The van der Waals surface area contributed by atoms with Crippen LogP contribution in [0.2, 0.25) is 0 Å². The van der Waals surface area contributed by atoms with Gasteiger partial charge >= 0.3 is 33.6 Å². The summed E-state index contributed by atoms with van der Waals surface area (Å²) in [5.41, 5.74) is 0. The van der Waals surface area contributed by atoms with Gasteiger partial charge in [0.15, 0.2) is 6.10 Å². The van der Waals surface area contributed by atoms with Crippen LogP contribution in [0, 0.1) is 0 Å². The molecule has 0 bridgehead atoms. The Labute approximate surface area is 725 Å². The van der Waals surface area contributed by atoms with Crippen molar-refractivity contribution in [2.24, 2.45) is 0 Å². The smallest absolute Gasteiger partial charge is 0.463 e. The fourth-order valence-corrected chi connectivity index (χ4v) is 13.9. The molecule has 0 aromatic heterocycles. The molecule has 0 radical (unpaired) electrons. The molecule has 0 spiro atoms. The van der Waals surface area contributed by atoms with Crippen LogP contribution in [-0.2, 0) is 55.8 Å². The molecule has 0 saturated carbocycles. The fraction of sp³-hybridized carbons (Fsp3) is 0.653. The Morgan fingerprint density at radius 1 is 0.244 bits per heavy atom. The molecular weight excluding hydrogens is 1530 g/mol. The van der Waals surface area contributed by atoms with E-state index in [2.05, 4.69) is 215 Å². The van der Waals surface area contributed by atoms with Gasteiger partial charge in [0.2, 0.25) is 0 Å². The van der Waals surface area contributed by atoms with Crippen LogP contribution in [0.25, 0.3) is 0 Å². The summed E-state index contributed by atoms with van der Waals surface area (Å²) in [4.78, 5) is 59.0. The van der Waals surface area contributed by atoms with E-state index < -0.39 is 91.5 Å². The maximum atomic E-state index is 13.1. The van der Waals surface area contributed by atoms with Crippen molar-refractivity contribution in [1.29, 1.82) is 0 Å². The van der Waals surface area contributed by atoms with E-state index in [1.807, 2.05) is 0 Å². The molecule has 18 heteroatoms. The largest absolute Gasteiger partial charge is 0.472 e. The van der Waals surface area contributed by atoms with Gasteiger partial charge in [-0.05, 0) is 167 Å². The van der Waals surface area contributed by atoms with E-state index >= 15 is 0 Å². The van der Waals surface area contributed by atoms with Gasteiger partial charge in [0.25, 0.3) is 0 Å². The summed E-state index contributed by atoms with van der Waals surface area (Å²) in [6.07, 6.45) is 122. The minimum Gasteiger partial charge on any atom is -0.463 e. The summed E-state index contributed by atoms with van der Waals surface area (Å²) < 4.78 is 61.5. The molecule has 0 amide bonds. The van der Waals surface area contributed by atoms with E-state index in [9.17, 15) is 43.5 Å². The zero-order valence-corrected chi connectivity index (χ0v) is 76.5. The maximum absolute atomic E-state index is 13.1. The van der Waals surface area contributed by atoms with Crippen LogP contribution < -0.4 is 0 Å². The van der Waals surface area contributed by atoms with Crippen LogP contribution in [-0.4, -0.2) is 95.9 Å². The molecule has 0 rings (SSSR count). The lowest BCUT2D eigenvalue weighted by Crippen LogP contribution is -2.30. The molecule has 5 unspecified atom stereocenters. The van der Waals surface area contributed by atoms with Crippen molar-refractivity contribution in [2.75, 3.05) is 39.6 Å². The number of hydrogen-bond acceptors (Lipinski definition) is 14. The number of aliphatic hydroxyl groups is 2. The second kappa shape index (κ2) is 91.6. The number of esters is 3. The first-order valence-electron chi connectivity index (χ1n) is 46.7. The predicted octanol–water partition coefficient (Wildman–Crippen LogP) is 29.0. The summed E-state index contributed by atoms with van der Waals surface area (Å²) in [5.74, 6) is -1.60. The molecule has 0 aromatic carbocycles. The summed E-state index contributed by atoms with van der Waals surface area (Å²) in [7, 11) is -9.83. The van der Waals surface area contributed by atoms with Gasteiger partial charge in [0, 0.05) is 19.3 Å². The number of unbranched alkanes of at least 4 members (excludes halogenated alkanes) is 32. The van der Waals surface area contributed by atoms with Gasteiger partial charge in [-0.15, -0.1) is 0 Å². The Morgan fingerprint density at radius 3 is 0.706 bits per heavy atom. The number of carbonyl (C=O) groups excluding carboxylic acids is 3. The molecule has 0 heterocycles. The zero-order valence-electron chi connectivity index (χ0n) is 74.7. The van der Waals surface area contributed by atoms with Crippen LogP contribution in [0.3, 0.4) is 0 Å². The van der Waals surface area contributed by atoms with Crippen LogP contribution in [0.15, 0.2) is 194 Å². The Bertz CT molecular complexity index is 2940. The fourth-order valence-electron chi connectivity index (χ4n) is 12.3. The SMILES string of the molecule is CC/C=C\C/C=C\C/C=C\C/C=C\C/C=C\C/C=C\CCCCCCCCCCCCCCCCCCC(=O)OCC(O)COP(=O)(O)OCC(O)COP(=O)(O)OCC(COC(=O)CCCCCCCC/C=C\C/C=C\C/C=C\C/C=C\C/C=C\C/C=C\CC)OC(=O)CCCCCCCCC/C=C\C/C=C\C/C=C\C/C=C\CCCCC. The highest BCUT2D eigenvalue weighted by Gasteiger charge is 2.29. The van der Waals surface area contributed by atoms with E-state index in [0.717, 1.165) is 199 Å². The average molecular weight is 1700 g/mol.